The third kappa shape index (κ3) is 5.91. The number of benzene rings is 2. The molecule has 3 aliphatic heterocycles. The zero-order valence-corrected chi connectivity index (χ0v) is 20.3. The molecule has 3 fully saturated rings. The number of amides is 2. The highest BCUT2D eigenvalue weighted by Gasteiger charge is 2.34. The van der Waals surface area contributed by atoms with Crippen molar-refractivity contribution in [3.8, 4) is 11.5 Å². The van der Waals surface area contributed by atoms with Gasteiger partial charge in [-0.3, -0.25) is 4.79 Å². The highest BCUT2D eigenvalue weighted by atomic mass is 35.5. The van der Waals surface area contributed by atoms with Crippen molar-refractivity contribution in [1.82, 2.24) is 10.2 Å². The van der Waals surface area contributed by atoms with Crippen LogP contribution in [0.4, 0.5) is 10.5 Å². The van der Waals surface area contributed by atoms with E-state index in [-0.39, 0.29) is 23.3 Å². The molecule has 10 heteroatoms. The molecule has 3 N–H and O–H groups in total. The van der Waals surface area contributed by atoms with Gasteiger partial charge in [0.15, 0.2) is 0 Å². The highest BCUT2D eigenvalue weighted by molar-refractivity contribution is 6.30. The third-order valence-corrected chi connectivity index (χ3v) is 6.62. The van der Waals surface area contributed by atoms with Crippen molar-refractivity contribution in [2.24, 2.45) is 0 Å². The number of aliphatic hydroxyl groups excluding tert-OH is 1. The topological polar surface area (TPSA) is 112 Å². The lowest BCUT2D eigenvalue weighted by Crippen LogP contribution is -2.50. The van der Waals surface area contributed by atoms with Crippen LogP contribution in [0.25, 0.3) is 0 Å². The standard InChI is InChI=1S/C18H19ClN2O4.C7H11NO2/c1-25-17-7-15(21-9-13(22)10-21)16(23)6-14(17)18(24)20-8-11-2-4-12(19)5-3-11;9-7-8-4-2-1-3-6(8)5-10-7/h2-7,13,22-23H,8-10H2,1H3,(H,20,24);6H,1-5H2. The van der Waals surface area contributed by atoms with E-state index in [4.69, 9.17) is 21.1 Å². The Hall–Kier alpha value is -3.17. The summed E-state index contributed by atoms with van der Waals surface area (Å²) in [5.41, 5.74) is 1.70. The van der Waals surface area contributed by atoms with Crippen molar-refractivity contribution in [2.75, 3.05) is 38.3 Å². The Morgan fingerprint density at radius 3 is 2.63 bits per heavy atom. The fraction of sp³-hybridized carbons (Fsp3) is 0.440. The van der Waals surface area contributed by atoms with E-state index < -0.39 is 6.10 Å². The first-order valence-electron chi connectivity index (χ1n) is 11.7. The lowest BCUT2D eigenvalue weighted by molar-refractivity contribution is 0.0947. The maximum absolute atomic E-state index is 12.5. The fourth-order valence-electron chi connectivity index (χ4n) is 4.35. The van der Waals surface area contributed by atoms with E-state index >= 15 is 0 Å². The smallest absolute Gasteiger partial charge is 0.410 e. The summed E-state index contributed by atoms with van der Waals surface area (Å²) < 4.78 is 10.2. The number of methoxy groups -OCH3 is 1. The van der Waals surface area contributed by atoms with Gasteiger partial charge in [0.2, 0.25) is 0 Å². The predicted octanol–water partition coefficient (Wildman–Crippen LogP) is 3.16. The predicted molar refractivity (Wildman–Crippen MR) is 131 cm³/mol. The number of carbonyl (C=O) groups excluding carboxylic acids is 2. The van der Waals surface area contributed by atoms with Gasteiger partial charge in [0.25, 0.3) is 5.91 Å². The first-order valence-corrected chi connectivity index (χ1v) is 12.0. The number of aromatic hydroxyl groups is 1. The second-order valence-electron chi connectivity index (χ2n) is 8.83. The molecule has 3 aliphatic rings. The first-order chi connectivity index (χ1) is 16.9. The van der Waals surface area contributed by atoms with Gasteiger partial charge in [0.1, 0.15) is 18.1 Å². The number of hydrogen-bond donors (Lipinski definition) is 3. The van der Waals surface area contributed by atoms with E-state index in [2.05, 4.69) is 5.32 Å². The minimum absolute atomic E-state index is 0.0238. The summed E-state index contributed by atoms with van der Waals surface area (Å²) in [5.74, 6) is -0.00978. The molecule has 188 valence electrons. The van der Waals surface area contributed by atoms with Crippen LogP contribution < -0.4 is 15.0 Å². The molecule has 2 aromatic rings. The number of anilines is 1. The molecule has 2 amide bonds. The number of ether oxygens (including phenoxy) is 2. The summed E-state index contributed by atoms with van der Waals surface area (Å²) in [4.78, 5) is 27.0. The van der Waals surface area contributed by atoms with Crippen LogP contribution in [-0.2, 0) is 11.3 Å². The van der Waals surface area contributed by atoms with E-state index in [0.717, 1.165) is 24.9 Å². The number of nitrogens with one attached hydrogen (secondary N) is 1. The molecule has 0 radical (unpaired) electrons. The van der Waals surface area contributed by atoms with E-state index in [1.54, 1.807) is 18.2 Å². The number of phenolic OH excluding ortho intramolecular Hbond substituents is 1. The number of carbonyl (C=O) groups is 2. The molecule has 9 nitrogen and oxygen atoms in total. The Kier molecular flexibility index (Phi) is 7.87. The van der Waals surface area contributed by atoms with Gasteiger partial charge in [0, 0.05) is 37.3 Å². The number of phenols is 1. The van der Waals surface area contributed by atoms with Crippen molar-refractivity contribution in [3.05, 3.63) is 52.5 Å². The summed E-state index contributed by atoms with van der Waals surface area (Å²) in [5, 5.41) is 23.1. The van der Waals surface area contributed by atoms with Gasteiger partial charge in [-0.1, -0.05) is 23.7 Å². The first kappa shape index (κ1) is 24.9. The number of cyclic esters (lactones) is 1. The average molecular weight is 504 g/mol. The SMILES string of the molecule is COc1cc(N2CC(O)C2)c(O)cc1C(=O)NCc1ccc(Cl)cc1.O=C1OCC2CCCCN12. The zero-order valence-electron chi connectivity index (χ0n) is 19.6. The number of fused-ring (bicyclic) bond motifs is 1. The normalized spacial score (nSPS) is 19.2. The number of hydrogen-bond acceptors (Lipinski definition) is 7. The van der Waals surface area contributed by atoms with Gasteiger partial charge in [-0.15, -0.1) is 0 Å². The van der Waals surface area contributed by atoms with Gasteiger partial charge >= 0.3 is 6.09 Å². The van der Waals surface area contributed by atoms with Gasteiger partial charge in [-0.2, -0.15) is 0 Å². The number of halogens is 1. The van der Waals surface area contributed by atoms with E-state index in [9.17, 15) is 19.8 Å². The molecule has 0 aromatic heterocycles. The second-order valence-corrected chi connectivity index (χ2v) is 9.27. The fourth-order valence-corrected chi connectivity index (χ4v) is 4.48. The Labute approximate surface area is 209 Å². The molecular weight excluding hydrogens is 474 g/mol. The van der Waals surface area contributed by atoms with Crippen molar-refractivity contribution < 1.29 is 29.3 Å². The van der Waals surface area contributed by atoms with Crippen molar-refractivity contribution >= 4 is 29.3 Å². The van der Waals surface area contributed by atoms with Crippen molar-refractivity contribution in [1.29, 1.82) is 0 Å². The van der Waals surface area contributed by atoms with Crippen LogP contribution >= 0.6 is 11.6 Å². The summed E-state index contributed by atoms with van der Waals surface area (Å²) in [6.07, 6.45) is 3.02. The summed E-state index contributed by atoms with van der Waals surface area (Å²) in [7, 11) is 1.47. The van der Waals surface area contributed by atoms with Crippen LogP contribution in [0.3, 0.4) is 0 Å². The molecule has 1 unspecified atom stereocenters. The molecule has 0 saturated carbocycles. The van der Waals surface area contributed by atoms with Gasteiger partial charge in [-0.25, -0.2) is 4.79 Å². The number of nitrogens with zero attached hydrogens (tertiary/aromatic N) is 2. The molecule has 3 heterocycles. The van der Waals surface area contributed by atoms with E-state index in [1.165, 1.54) is 19.6 Å². The van der Waals surface area contributed by atoms with Crippen LogP contribution in [0.15, 0.2) is 36.4 Å². The Bertz CT molecular complexity index is 1060. The Morgan fingerprint density at radius 2 is 1.97 bits per heavy atom. The average Bonchev–Trinajstić information content (AvgIpc) is 3.23. The van der Waals surface area contributed by atoms with Crippen molar-refractivity contribution in [2.45, 2.75) is 38.0 Å². The number of piperidine rings is 1. The molecule has 1 atom stereocenters. The van der Waals surface area contributed by atoms with Crippen LogP contribution in [0.2, 0.25) is 5.02 Å². The molecule has 3 saturated heterocycles. The maximum atomic E-state index is 12.5. The highest BCUT2D eigenvalue weighted by Crippen LogP contribution is 2.36. The number of aliphatic hydroxyl groups is 1. The summed E-state index contributed by atoms with van der Waals surface area (Å²) in [6, 6.07) is 10.6. The van der Waals surface area contributed by atoms with Gasteiger partial charge < -0.3 is 34.8 Å². The monoisotopic (exact) mass is 503 g/mol. The van der Waals surface area contributed by atoms with E-state index in [1.807, 2.05) is 21.9 Å². The lowest BCUT2D eigenvalue weighted by Gasteiger charge is -2.38. The molecular formula is C25H30ClN3O6. The lowest BCUT2D eigenvalue weighted by atomic mass is 10.0. The third-order valence-electron chi connectivity index (χ3n) is 6.37. The minimum atomic E-state index is -0.396. The molecule has 5 rings (SSSR count). The largest absolute Gasteiger partial charge is 0.506 e. The van der Waals surface area contributed by atoms with Crippen molar-refractivity contribution in [3.63, 3.8) is 0 Å². The number of rotatable bonds is 5. The zero-order chi connectivity index (χ0) is 24.9. The van der Waals surface area contributed by atoms with E-state index in [0.29, 0.717) is 48.7 Å². The van der Waals surface area contributed by atoms with Crippen LogP contribution in [0.5, 0.6) is 11.5 Å². The van der Waals surface area contributed by atoms with Crippen LogP contribution in [0.1, 0.15) is 35.2 Å². The summed E-state index contributed by atoms with van der Waals surface area (Å²) in [6.45, 7) is 2.75. The van der Waals surface area contributed by atoms with Gasteiger partial charge in [-0.05, 0) is 43.0 Å². The summed E-state index contributed by atoms with van der Waals surface area (Å²) >= 11 is 5.84. The van der Waals surface area contributed by atoms with Gasteiger partial charge in [0.05, 0.1) is 30.5 Å². The Balaban J connectivity index is 0.000000239. The van der Waals surface area contributed by atoms with Crippen LogP contribution in [0, 0.1) is 0 Å². The molecule has 0 aliphatic carbocycles. The Morgan fingerprint density at radius 1 is 1.23 bits per heavy atom. The minimum Gasteiger partial charge on any atom is -0.506 e. The maximum Gasteiger partial charge on any atom is 0.410 e. The second kappa shape index (κ2) is 11.0. The molecule has 35 heavy (non-hydrogen) atoms. The molecule has 0 bridgehead atoms. The molecule has 2 aromatic carbocycles. The van der Waals surface area contributed by atoms with Crippen LogP contribution in [-0.4, -0.2) is 72.6 Å². The quantitative estimate of drug-likeness (QED) is 0.574. The molecule has 0 spiro atoms. The number of β-amino-alcohol motifs (C(OH)–C–C–N with tert-alkyl or cyclic N) is 1.